The fourth-order valence-electron chi connectivity index (χ4n) is 3.32. The maximum Gasteiger partial charge on any atom is 0.266 e. The molecule has 1 saturated heterocycles. The SMILES string of the molecule is CC(Sc1nc2ccccc2c(=O)n1-c1ccc(Cl)cc1Cl)C(=O)N1CCOCC1. The molecule has 2 aromatic carbocycles. The molecule has 1 unspecified atom stereocenters. The van der Waals surface area contributed by atoms with Crippen molar-refractivity contribution in [1.82, 2.24) is 14.5 Å². The van der Waals surface area contributed by atoms with E-state index in [4.69, 9.17) is 27.9 Å². The van der Waals surface area contributed by atoms with Gasteiger partial charge in [0.05, 0.1) is 40.1 Å². The first-order chi connectivity index (χ1) is 14.5. The van der Waals surface area contributed by atoms with Crippen molar-refractivity contribution in [3.05, 3.63) is 62.9 Å². The number of para-hydroxylation sites is 1. The van der Waals surface area contributed by atoms with E-state index < -0.39 is 5.25 Å². The Balaban J connectivity index is 1.79. The number of fused-ring (bicyclic) bond motifs is 1. The van der Waals surface area contributed by atoms with Crippen LogP contribution in [0.15, 0.2) is 52.4 Å². The first-order valence-corrected chi connectivity index (χ1v) is 11.1. The Morgan fingerprint density at radius 1 is 1.17 bits per heavy atom. The Labute approximate surface area is 187 Å². The van der Waals surface area contributed by atoms with E-state index in [2.05, 4.69) is 4.98 Å². The lowest BCUT2D eigenvalue weighted by Gasteiger charge is -2.29. The third-order valence-electron chi connectivity index (χ3n) is 4.85. The highest BCUT2D eigenvalue weighted by Crippen LogP contribution is 2.30. The lowest BCUT2D eigenvalue weighted by molar-refractivity contribution is -0.134. The largest absolute Gasteiger partial charge is 0.378 e. The van der Waals surface area contributed by atoms with Crippen LogP contribution >= 0.6 is 35.0 Å². The van der Waals surface area contributed by atoms with E-state index in [0.717, 1.165) is 0 Å². The number of nitrogens with zero attached hydrogens (tertiary/aromatic N) is 3. The lowest BCUT2D eigenvalue weighted by atomic mass is 10.2. The van der Waals surface area contributed by atoms with Crippen LogP contribution < -0.4 is 5.56 Å². The van der Waals surface area contributed by atoms with Gasteiger partial charge in [-0.3, -0.25) is 14.2 Å². The van der Waals surface area contributed by atoms with Gasteiger partial charge in [-0.1, -0.05) is 47.1 Å². The minimum Gasteiger partial charge on any atom is -0.378 e. The molecule has 1 aromatic heterocycles. The maximum absolute atomic E-state index is 13.3. The Morgan fingerprint density at radius 2 is 1.90 bits per heavy atom. The van der Waals surface area contributed by atoms with Crippen LogP contribution in [0.3, 0.4) is 0 Å². The van der Waals surface area contributed by atoms with Crippen molar-refractivity contribution in [3.63, 3.8) is 0 Å². The molecule has 0 N–H and O–H groups in total. The van der Waals surface area contributed by atoms with E-state index in [-0.39, 0.29) is 11.5 Å². The zero-order valence-corrected chi connectivity index (χ0v) is 18.5. The smallest absolute Gasteiger partial charge is 0.266 e. The Hall–Kier alpha value is -2.06. The monoisotopic (exact) mass is 463 g/mol. The number of ether oxygens (including phenoxy) is 1. The molecule has 156 valence electrons. The maximum atomic E-state index is 13.3. The van der Waals surface area contributed by atoms with Gasteiger partial charge in [0.15, 0.2) is 5.16 Å². The number of amides is 1. The molecule has 30 heavy (non-hydrogen) atoms. The summed E-state index contributed by atoms with van der Waals surface area (Å²) < 4.78 is 6.78. The van der Waals surface area contributed by atoms with Crippen molar-refractivity contribution in [1.29, 1.82) is 0 Å². The Kier molecular flexibility index (Phi) is 6.34. The summed E-state index contributed by atoms with van der Waals surface area (Å²) >= 11 is 13.7. The number of carbonyl (C=O) groups excluding carboxylic acids is 1. The summed E-state index contributed by atoms with van der Waals surface area (Å²) in [4.78, 5) is 32.7. The summed E-state index contributed by atoms with van der Waals surface area (Å²) in [7, 11) is 0. The molecular formula is C21H19Cl2N3O3S. The van der Waals surface area contributed by atoms with Crippen molar-refractivity contribution in [3.8, 4) is 5.69 Å². The fraction of sp³-hybridized carbons (Fsp3) is 0.286. The quantitative estimate of drug-likeness (QED) is 0.431. The van der Waals surface area contributed by atoms with Gasteiger partial charge in [0.1, 0.15) is 0 Å². The van der Waals surface area contributed by atoms with E-state index in [1.54, 1.807) is 41.3 Å². The molecule has 0 saturated carbocycles. The number of hydrogen-bond acceptors (Lipinski definition) is 5. The van der Waals surface area contributed by atoms with E-state index >= 15 is 0 Å². The van der Waals surface area contributed by atoms with Gasteiger partial charge in [-0.05, 0) is 37.3 Å². The molecule has 1 fully saturated rings. The second-order valence-corrected chi connectivity index (χ2v) is 9.00. The zero-order valence-electron chi connectivity index (χ0n) is 16.2. The molecule has 4 rings (SSSR count). The summed E-state index contributed by atoms with van der Waals surface area (Å²) in [6.07, 6.45) is 0. The summed E-state index contributed by atoms with van der Waals surface area (Å²) in [5, 5.41) is 1.23. The number of halogens is 2. The number of rotatable bonds is 4. The number of morpholine rings is 1. The predicted octanol–water partition coefficient (Wildman–Crippen LogP) is 4.03. The fourth-order valence-corrected chi connectivity index (χ4v) is 4.81. The normalized spacial score (nSPS) is 15.4. The molecule has 1 aliphatic rings. The van der Waals surface area contributed by atoms with Crippen molar-refractivity contribution in [2.45, 2.75) is 17.3 Å². The van der Waals surface area contributed by atoms with Gasteiger partial charge in [0.25, 0.3) is 5.56 Å². The van der Waals surface area contributed by atoms with Crippen molar-refractivity contribution >= 4 is 51.8 Å². The van der Waals surface area contributed by atoms with E-state index in [0.29, 0.717) is 58.1 Å². The highest BCUT2D eigenvalue weighted by atomic mass is 35.5. The van der Waals surface area contributed by atoms with Crippen LogP contribution in [0.1, 0.15) is 6.92 Å². The lowest BCUT2D eigenvalue weighted by Crippen LogP contribution is -2.44. The highest BCUT2D eigenvalue weighted by molar-refractivity contribution is 8.00. The number of carbonyl (C=O) groups is 1. The van der Waals surface area contributed by atoms with Crippen LogP contribution in [-0.2, 0) is 9.53 Å². The third kappa shape index (κ3) is 4.21. The molecule has 1 amide bonds. The first-order valence-electron chi connectivity index (χ1n) is 9.46. The molecule has 3 aromatic rings. The third-order valence-corrected chi connectivity index (χ3v) is 6.43. The summed E-state index contributed by atoms with van der Waals surface area (Å²) in [5.41, 5.74) is 0.786. The van der Waals surface area contributed by atoms with Gasteiger partial charge < -0.3 is 9.64 Å². The molecule has 1 aliphatic heterocycles. The molecule has 0 aliphatic carbocycles. The zero-order chi connectivity index (χ0) is 21.3. The summed E-state index contributed by atoms with van der Waals surface area (Å²) in [5.74, 6) is -0.0144. The van der Waals surface area contributed by atoms with Crippen LogP contribution in [0.5, 0.6) is 0 Å². The van der Waals surface area contributed by atoms with Gasteiger partial charge in [-0.25, -0.2) is 4.98 Å². The number of aromatic nitrogens is 2. The van der Waals surface area contributed by atoms with Crippen molar-refractivity contribution in [2.75, 3.05) is 26.3 Å². The summed E-state index contributed by atoms with van der Waals surface area (Å²) in [6.45, 7) is 4.00. The van der Waals surface area contributed by atoms with Crippen LogP contribution in [0, 0.1) is 0 Å². The van der Waals surface area contributed by atoms with Crippen molar-refractivity contribution in [2.24, 2.45) is 0 Å². The van der Waals surface area contributed by atoms with Crippen LogP contribution in [0.4, 0.5) is 0 Å². The van der Waals surface area contributed by atoms with Crippen molar-refractivity contribution < 1.29 is 9.53 Å². The molecule has 1 atom stereocenters. The van der Waals surface area contributed by atoms with E-state index in [9.17, 15) is 9.59 Å². The molecule has 0 radical (unpaired) electrons. The molecule has 2 heterocycles. The van der Waals surface area contributed by atoms with Gasteiger partial charge >= 0.3 is 0 Å². The average Bonchev–Trinajstić information content (AvgIpc) is 2.75. The standard InChI is InChI=1S/C21H19Cl2N3O3S/c1-13(19(27)25-8-10-29-11-9-25)30-21-24-17-5-3-2-4-15(17)20(28)26(21)18-7-6-14(22)12-16(18)23/h2-7,12-13H,8-11H2,1H3. The number of thioether (sulfide) groups is 1. The van der Waals surface area contributed by atoms with Crippen LogP contribution in [0.25, 0.3) is 16.6 Å². The van der Waals surface area contributed by atoms with Crippen LogP contribution in [-0.4, -0.2) is 51.9 Å². The summed E-state index contributed by atoms with van der Waals surface area (Å²) in [6, 6.07) is 12.0. The van der Waals surface area contributed by atoms with Gasteiger partial charge in [0.2, 0.25) is 5.91 Å². The van der Waals surface area contributed by atoms with Gasteiger partial charge in [-0.2, -0.15) is 0 Å². The first kappa shape index (κ1) is 21.2. The molecule has 0 bridgehead atoms. The van der Waals surface area contributed by atoms with E-state index in [1.807, 2.05) is 13.0 Å². The minimum atomic E-state index is -0.437. The second-order valence-electron chi connectivity index (χ2n) is 6.85. The average molecular weight is 464 g/mol. The Morgan fingerprint density at radius 3 is 2.63 bits per heavy atom. The highest BCUT2D eigenvalue weighted by Gasteiger charge is 2.26. The number of hydrogen-bond donors (Lipinski definition) is 0. The topological polar surface area (TPSA) is 64.4 Å². The molecule has 6 nitrogen and oxygen atoms in total. The number of benzene rings is 2. The molecular weight excluding hydrogens is 445 g/mol. The van der Waals surface area contributed by atoms with Gasteiger partial charge in [-0.15, -0.1) is 0 Å². The minimum absolute atomic E-state index is 0.0144. The van der Waals surface area contributed by atoms with Crippen LogP contribution in [0.2, 0.25) is 10.0 Å². The molecule has 0 spiro atoms. The van der Waals surface area contributed by atoms with Gasteiger partial charge in [0, 0.05) is 18.1 Å². The van der Waals surface area contributed by atoms with E-state index in [1.165, 1.54) is 16.3 Å². The molecule has 9 heteroatoms. The Bertz CT molecular complexity index is 1160. The predicted molar refractivity (Wildman–Crippen MR) is 120 cm³/mol. The second kappa shape index (κ2) is 8.98.